The summed E-state index contributed by atoms with van der Waals surface area (Å²) in [4.78, 5) is 0. The zero-order valence-corrected chi connectivity index (χ0v) is 32.7. The van der Waals surface area contributed by atoms with E-state index in [0.717, 1.165) is 0 Å². The van der Waals surface area contributed by atoms with Crippen molar-refractivity contribution >= 4 is 53.1 Å². The molecule has 1 aliphatic rings. The highest BCUT2D eigenvalue weighted by molar-refractivity contribution is 7.26. The summed E-state index contributed by atoms with van der Waals surface area (Å²) in [6, 6.07) is 55.3. The molecule has 0 aliphatic heterocycles. The summed E-state index contributed by atoms with van der Waals surface area (Å²) in [5.74, 6) is 0. The molecule has 1 aliphatic carbocycles. The fourth-order valence-corrected chi connectivity index (χ4v) is 9.33. The summed E-state index contributed by atoms with van der Waals surface area (Å²) in [6.07, 6.45) is 0. The number of benzene rings is 8. The minimum atomic E-state index is -0.0179. The SMILES string of the molecule is Cc1ccc(-c2ccc3c(c2)C(C)(C)c2cc(C)c4ccccc4c2-3)c2ccccc12.Cc1ccc(C)cc1.Cc1cccc2c1sc1ccccc12. The van der Waals surface area contributed by atoms with Gasteiger partial charge in [-0.05, 0) is 118 Å². The van der Waals surface area contributed by atoms with Crippen LogP contribution in [0.25, 0.3) is 64.0 Å². The molecule has 0 radical (unpaired) electrons. The van der Waals surface area contributed by atoms with Crippen LogP contribution in [-0.2, 0) is 5.41 Å². The molecule has 0 fully saturated rings. The molecule has 260 valence electrons. The predicted octanol–water partition coefficient (Wildman–Crippen LogP) is 15.2. The van der Waals surface area contributed by atoms with E-state index in [-0.39, 0.29) is 5.41 Å². The monoisotopic (exact) mass is 702 g/mol. The maximum Gasteiger partial charge on any atom is 0.0384 e. The number of hydrogen-bond donors (Lipinski definition) is 0. The molecular formula is C52H46S. The smallest absolute Gasteiger partial charge is 0.0384 e. The first-order valence-corrected chi connectivity index (χ1v) is 19.5. The van der Waals surface area contributed by atoms with E-state index in [0.29, 0.717) is 0 Å². The van der Waals surface area contributed by atoms with Crippen molar-refractivity contribution in [3.8, 4) is 22.3 Å². The van der Waals surface area contributed by atoms with Gasteiger partial charge in [0.15, 0.2) is 0 Å². The molecule has 0 unspecified atom stereocenters. The molecule has 53 heavy (non-hydrogen) atoms. The van der Waals surface area contributed by atoms with E-state index < -0.39 is 0 Å². The van der Waals surface area contributed by atoms with E-state index in [4.69, 9.17) is 0 Å². The van der Waals surface area contributed by atoms with Gasteiger partial charge < -0.3 is 0 Å². The fraction of sp³-hybridized carbons (Fsp3) is 0.154. The van der Waals surface area contributed by atoms with Crippen LogP contribution in [0.3, 0.4) is 0 Å². The first-order chi connectivity index (χ1) is 25.6. The van der Waals surface area contributed by atoms with Gasteiger partial charge >= 0.3 is 0 Å². The Morgan fingerprint density at radius 2 is 0.962 bits per heavy atom. The largest absolute Gasteiger partial charge is 0.135 e. The van der Waals surface area contributed by atoms with E-state index in [1.165, 1.54) is 103 Å². The molecule has 8 aromatic carbocycles. The Balaban J connectivity index is 0.000000148. The zero-order chi connectivity index (χ0) is 36.9. The Labute approximate surface area is 318 Å². The molecule has 0 saturated heterocycles. The average molecular weight is 703 g/mol. The number of fused-ring (bicyclic) bond motifs is 9. The molecule has 0 atom stereocenters. The molecule has 0 spiro atoms. The van der Waals surface area contributed by atoms with Gasteiger partial charge in [-0.2, -0.15) is 0 Å². The highest BCUT2D eigenvalue weighted by Gasteiger charge is 2.37. The maximum absolute atomic E-state index is 2.44. The predicted molar refractivity (Wildman–Crippen MR) is 234 cm³/mol. The molecule has 1 aromatic heterocycles. The molecule has 9 aromatic rings. The summed E-state index contributed by atoms with van der Waals surface area (Å²) < 4.78 is 2.81. The van der Waals surface area contributed by atoms with Crippen LogP contribution in [-0.4, -0.2) is 0 Å². The summed E-state index contributed by atoms with van der Waals surface area (Å²) in [7, 11) is 0. The van der Waals surface area contributed by atoms with Gasteiger partial charge in [0.05, 0.1) is 0 Å². The van der Waals surface area contributed by atoms with E-state index in [9.17, 15) is 0 Å². The molecule has 0 N–H and O–H groups in total. The van der Waals surface area contributed by atoms with Gasteiger partial charge in [0.2, 0.25) is 0 Å². The number of hydrogen-bond acceptors (Lipinski definition) is 1. The number of thiophene rings is 1. The van der Waals surface area contributed by atoms with E-state index in [2.05, 4.69) is 200 Å². The van der Waals surface area contributed by atoms with Crippen molar-refractivity contribution in [1.82, 2.24) is 0 Å². The number of rotatable bonds is 1. The van der Waals surface area contributed by atoms with Crippen LogP contribution < -0.4 is 0 Å². The summed E-state index contributed by atoms with van der Waals surface area (Å²) >= 11 is 1.89. The number of aryl methyl sites for hydroxylation is 5. The third-order valence-corrected chi connectivity index (χ3v) is 12.5. The Morgan fingerprint density at radius 3 is 1.66 bits per heavy atom. The van der Waals surface area contributed by atoms with Gasteiger partial charge in [-0.15, -0.1) is 11.3 Å². The lowest BCUT2D eigenvalue weighted by atomic mass is 9.80. The molecular weight excluding hydrogens is 657 g/mol. The first kappa shape index (κ1) is 34.6. The Bertz CT molecular complexity index is 2770. The van der Waals surface area contributed by atoms with Gasteiger partial charge in [-0.3, -0.25) is 0 Å². The second kappa shape index (κ2) is 13.8. The summed E-state index contributed by atoms with van der Waals surface area (Å²) in [6.45, 7) is 15.6. The highest BCUT2D eigenvalue weighted by Crippen LogP contribution is 2.53. The fourth-order valence-electron chi connectivity index (χ4n) is 8.16. The normalized spacial score (nSPS) is 12.6. The quantitative estimate of drug-likeness (QED) is 0.160. The topological polar surface area (TPSA) is 0 Å². The molecule has 0 bridgehead atoms. The first-order valence-electron chi connectivity index (χ1n) is 18.7. The third-order valence-electron chi connectivity index (χ3n) is 11.2. The maximum atomic E-state index is 2.44. The van der Waals surface area contributed by atoms with Crippen molar-refractivity contribution in [2.24, 2.45) is 0 Å². The molecule has 1 heterocycles. The van der Waals surface area contributed by atoms with E-state index in [1.54, 1.807) is 0 Å². The van der Waals surface area contributed by atoms with Crippen LogP contribution in [0.15, 0.2) is 152 Å². The molecule has 1 heteroatoms. The zero-order valence-electron chi connectivity index (χ0n) is 31.8. The molecule has 0 nitrogen and oxygen atoms in total. The second-order valence-electron chi connectivity index (χ2n) is 15.2. The lowest BCUT2D eigenvalue weighted by Crippen LogP contribution is -2.15. The third kappa shape index (κ3) is 6.24. The van der Waals surface area contributed by atoms with Gasteiger partial charge in [0.25, 0.3) is 0 Å². The van der Waals surface area contributed by atoms with Gasteiger partial charge in [0, 0.05) is 25.6 Å². The molecule has 0 saturated carbocycles. The van der Waals surface area contributed by atoms with Crippen molar-refractivity contribution in [2.45, 2.75) is 53.9 Å². The highest BCUT2D eigenvalue weighted by atomic mass is 32.1. The minimum absolute atomic E-state index is 0.0179. The Kier molecular flexibility index (Phi) is 9.01. The average Bonchev–Trinajstić information content (AvgIpc) is 3.67. The van der Waals surface area contributed by atoms with Crippen LogP contribution in [0.5, 0.6) is 0 Å². The summed E-state index contributed by atoms with van der Waals surface area (Å²) in [5, 5.41) is 8.18. The molecule has 10 rings (SSSR count). The lowest BCUT2D eigenvalue weighted by Gasteiger charge is -2.23. The van der Waals surface area contributed by atoms with Crippen molar-refractivity contribution < 1.29 is 0 Å². The van der Waals surface area contributed by atoms with Gasteiger partial charge in [-0.25, -0.2) is 0 Å². The van der Waals surface area contributed by atoms with Crippen LogP contribution in [0.4, 0.5) is 0 Å². The van der Waals surface area contributed by atoms with Gasteiger partial charge in [0.1, 0.15) is 0 Å². The van der Waals surface area contributed by atoms with Crippen LogP contribution in [0.1, 0.15) is 52.8 Å². The van der Waals surface area contributed by atoms with Crippen LogP contribution in [0, 0.1) is 34.6 Å². The van der Waals surface area contributed by atoms with Crippen molar-refractivity contribution in [2.75, 3.05) is 0 Å². The Morgan fingerprint density at radius 1 is 0.396 bits per heavy atom. The summed E-state index contributed by atoms with van der Waals surface area (Å²) in [5.41, 5.74) is 15.0. The Hall–Kier alpha value is -5.50. The second-order valence-corrected chi connectivity index (χ2v) is 16.3. The van der Waals surface area contributed by atoms with Crippen molar-refractivity contribution in [3.05, 3.63) is 191 Å². The van der Waals surface area contributed by atoms with Crippen LogP contribution >= 0.6 is 11.3 Å². The van der Waals surface area contributed by atoms with Crippen LogP contribution in [0.2, 0.25) is 0 Å². The lowest BCUT2D eigenvalue weighted by molar-refractivity contribution is 0.660. The van der Waals surface area contributed by atoms with E-state index in [1.807, 2.05) is 11.3 Å². The van der Waals surface area contributed by atoms with Crippen molar-refractivity contribution in [1.29, 1.82) is 0 Å². The van der Waals surface area contributed by atoms with E-state index >= 15 is 0 Å². The standard InChI is InChI=1S/C31H26.C13H10S.C8H10/c1-19-13-15-24(25-11-7-5-9-22(19)25)21-14-16-27-28(18-21)31(3,4)29-17-20(2)23-10-6-8-12-26(23)30(27)29;1-9-5-4-7-11-10-6-2-3-8-12(10)14-13(9)11;1-7-3-5-8(2)6-4-7/h5-18H,1-4H3;2-8H,1H3;3-6H,1-2H3. The van der Waals surface area contributed by atoms with Crippen molar-refractivity contribution in [3.63, 3.8) is 0 Å². The molecule has 0 amide bonds. The van der Waals surface area contributed by atoms with Gasteiger partial charge in [-0.1, -0.05) is 165 Å². The minimum Gasteiger partial charge on any atom is -0.135 e.